The first-order chi connectivity index (χ1) is 9.63. The molecule has 2 aromatic heterocycles. The monoisotopic (exact) mass is 274 g/mol. The molecule has 0 radical (unpaired) electrons. The standard InChI is InChI=1S/C14H18N4O2/c1-3-11-9-18(14(20)17-13(11)19)8-10-5-6-12(15-4-2)16-7-10/h5-7,9H,3-4,8H2,1-2H3,(H,15,16)(H,17,19,20). The predicted molar refractivity (Wildman–Crippen MR) is 78.2 cm³/mol. The van der Waals surface area contributed by atoms with E-state index in [0.717, 1.165) is 17.9 Å². The van der Waals surface area contributed by atoms with Crippen LogP contribution in [0.25, 0.3) is 0 Å². The SMILES string of the molecule is CCNc1ccc(Cn2cc(CC)c(=O)[nH]c2=O)cn1. The molecule has 106 valence electrons. The van der Waals surface area contributed by atoms with Crippen LogP contribution in [-0.4, -0.2) is 21.1 Å². The lowest BCUT2D eigenvalue weighted by atomic mass is 10.2. The lowest BCUT2D eigenvalue weighted by Crippen LogP contribution is -2.31. The van der Waals surface area contributed by atoms with Crippen molar-refractivity contribution < 1.29 is 0 Å². The van der Waals surface area contributed by atoms with Crippen LogP contribution < -0.4 is 16.6 Å². The van der Waals surface area contributed by atoms with Crippen LogP contribution in [0.2, 0.25) is 0 Å². The van der Waals surface area contributed by atoms with Gasteiger partial charge in [-0.05, 0) is 25.0 Å². The number of pyridine rings is 1. The van der Waals surface area contributed by atoms with Crippen molar-refractivity contribution in [2.45, 2.75) is 26.8 Å². The maximum absolute atomic E-state index is 11.8. The van der Waals surface area contributed by atoms with Gasteiger partial charge in [-0.25, -0.2) is 9.78 Å². The first-order valence-electron chi connectivity index (χ1n) is 6.65. The Morgan fingerprint density at radius 3 is 2.70 bits per heavy atom. The summed E-state index contributed by atoms with van der Waals surface area (Å²) in [4.78, 5) is 29.8. The van der Waals surface area contributed by atoms with Gasteiger partial charge in [0.15, 0.2) is 0 Å². The van der Waals surface area contributed by atoms with Crippen LogP contribution >= 0.6 is 0 Å². The summed E-state index contributed by atoms with van der Waals surface area (Å²) in [6.07, 6.45) is 3.92. The summed E-state index contributed by atoms with van der Waals surface area (Å²) < 4.78 is 1.49. The van der Waals surface area contributed by atoms with Crippen LogP contribution in [0.1, 0.15) is 25.0 Å². The third-order valence-electron chi connectivity index (χ3n) is 3.00. The second kappa shape index (κ2) is 6.18. The highest BCUT2D eigenvalue weighted by Gasteiger charge is 2.04. The number of aryl methyl sites for hydroxylation is 1. The van der Waals surface area contributed by atoms with Crippen LogP contribution in [-0.2, 0) is 13.0 Å². The molecule has 0 unspecified atom stereocenters. The average Bonchev–Trinajstić information content (AvgIpc) is 2.44. The van der Waals surface area contributed by atoms with Crippen molar-refractivity contribution >= 4 is 5.82 Å². The summed E-state index contributed by atoms with van der Waals surface area (Å²) in [5, 5.41) is 3.11. The molecule has 6 heteroatoms. The highest BCUT2D eigenvalue weighted by Crippen LogP contribution is 2.05. The van der Waals surface area contributed by atoms with Crippen molar-refractivity contribution in [1.29, 1.82) is 0 Å². The van der Waals surface area contributed by atoms with Crippen molar-refractivity contribution in [2.75, 3.05) is 11.9 Å². The minimum atomic E-state index is -0.400. The molecular weight excluding hydrogens is 256 g/mol. The van der Waals surface area contributed by atoms with Gasteiger partial charge in [-0.3, -0.25) is 14.3 Å². The molecule has 2 aromatic rings. The zero-order chi connectivity index (χ0) is 14.5. The minimum absolute atomic E-state index is 0.311. The van der Waals surface area contributed by atoms with E-state index in [1.54, 1.807) is 12.4 Å². The van der Waals surface area contributed by atoms with Gasteiger partial charge in [0, 0.05) is 24.5 Å². The number of nitrogens with zero attached hydrogens (tertiary/aromatic N) is 2. The summed E-state index contributed by atoms with van der Waals surface area (Å²) in [5.41, 5.74) is 0.794. The fourth-order valence-corrected chi connectivity index (χ4v) is 1.92. The molecule has 0 aliphatic rings. The van der Waals surface area contributed by atoms with Gasteiger partial charge in [-0.1, -0.05) is 13.0 Å². The molecule has 0 aliphatic carbocycles. The molecule has 0 bridgehead atoms. The van der Waals surface area contributed by atoms with Crippen LogP contribution in [0.4, 0.5) is 5.82 Å². The van der Waals surface area contributed by atoms with E-state index in [1.807, 2.05) is 26.0 Å². The lowest BCUT2D eigenvalue weighted by molar-refractivity contribution is 0.706. The molecule has 0 aliphatic heterocycles. The summed E-state index contributed by atoms with van der Waals surface area (Å²) in [7, 11) is 0. The average molecular weight is 274 g/mol. The molecule has 0 spiro atoms. The molecule has 0 saturated carbocycles. The second-order valence-electron chi connectivity index (χ2n) is 4.48. The molecular formula is C14H18N4O2. The second-order valence-corrected chi connectivity index (χ2v) is 4.48. The number of rotatable bonds is 5. The zero-order valence-electron chi connectivity index (χ0n) is 11.6. The Kier molecular flexibility index (Phi) is 4.34. The van der Waals surface area contributed by atoms with Crippen molar-refractivity contribution in [2.24, 2.45) is 0 Å². The van der Waals surface area contributed by atoms with Crippen LogP contribution in [0.15, 0.2) is 34.1 Å². The molecule has 0 amide bonds. The van der Waals surface area contributed by atoms with E-state index in [2.05, 4.69) is 15.3 Å². The zero-order valence-corrected chi connectivity index (χ0v) is 11.6. The van der Waals surface area contributed by atoms with Gasteiger partial charge < -0.3 is 5.32 Å². The van der Waals surface area contributed by atoms with Crippen LogP contribution in [0, 0.1) is 0 Å². The van der Waals surface area contributed by atoms with Crippen molar-refractivity contribution in [1.82, 2.24) is 14.5 Å². The largest absolute Gasteiger partial charge is 0.370 e. The maximum atomic E-state index is 11.8. The van der Waals surface area contributed by atoms with Crippen molar-refractivity contribution in [3.63, 3.8) is 0 Å². The third-order valence-corrected chi connectivity index (χ3v) is 3.00. The molecule has 0 saturated heterocycles. The van der Waals surface area contributed by atoms with Crippen molar-refractivity contribution in [3.05, 3.63) is 56.5 Å². The smallest absolute Gasteiger partial charge is 0.328 e. The quantitative estimate of drug-likeness (QED) is 0.851. The molecule has 0 fully saturated rings. The first-order valence-corrected chi connectivity index (χ1v) is 6.65. The summed E-state index contributed by atoms with van der Waals surface area (Å²) >= 11 is 0. The van der Waals surface area contributed by atoms with Gasteiger partial charge in [0.05, 0.1) is 6.54 Å². The molecule has 2 heterocycles. The highest BCUT2D eigenvalue weighted by molar-refractivity contribution is 5.35. The van der Waals surface area contributed by atoms with Crippen molar-refractivity contribution in [3.8, 4) is 0 Å². The van der Waals surface area contributed by atoms with Gasteiger partial charge in [0.1, 0.15) is 5.82 Å². The lowest BCUT2D eigenvalue weighted by Gasteiger charge is -2.08. The number of anilines is 1. The summed E-state index contributed by atoms with van der Waals surface area (Å²) in [5.74, 6) is 0.805. The topological polar surface area (TPSA) is 79.8 Å². The van der Waals surface area contributed by atoms with E-state index in [4.69, 9.17) is 0 Å². The summed E-state index contributed by atoms with van der Waals surface area (Å²) in [6, 6.07) is 3.78. The Bertz CT molecular complexity index is 686. The number of aromatic nitrogens is 3. The maximum Gasteiger partial charge on any atom is 0.328 e. The normalized spacial score (nSPS) is 10.5. The minimum Gasteiger partial charge on any atom is -0.370 e. The Morgan fingerprint density at radius 2 is 2.10 bits per heavy atom. The van der Waals surface area contributed by atoms with Gasteiger partial charge in [-0.15, -0.1) is 0 Å². The molecule has 0 atom stereocenters. The number of H-pyrrole nitrogens is 1. The Morgan fingerprint density at radius 1 is 1.30 bits per heavy atom. The predicted octanol–water partition coefficient (Wildman–Crippen LogP) is 0.974. The van der Waals surface area contributed by atoms with E-state index in [9.17, 15) is 9.59 Å². The summed E-state index contributed by atoms with van der Waals surface area (Å²) in [6.45, 7) is 5.08. The van der Waals surface area contributed by atoms with Gasteiger partial charge >= 0.3 is 5.69 Å². The van der Waals surface area contributed by atoms with Gasteiger partial charge in [0.25, 0.3) is 5.56 Å². The van der Waals surface area contributed by atoms with E-state index in [0.29, 0.717) is 18.5 Å². The Hall–Kier alpha value is -2.37. The van der Waals surface area contributed by atoms with E-state index < -0.39 is 5.69 Å². The Labute approximate surface area is 116 Å². The molecule has 2 rings (SSSR count). The van der Waals surface area contributed by atoms with Gasteiger partial charge in [0.2, 0.25) is 0 Å². The fourth-order valence-electron chi connectivity index (χ4n) is 1.92. The van der Waals surface area contributed by atoms with Crippen LogP contribution in [0.3, 0.4) is 0 Å². The number of aromatic amines is 1. The number of hydrogen-bond donors (Lipinski definition) is 2. The molecule has 6 nitrogen and oxygen atoms in total. The molecule has 2 N–H and O–H groups in total. The van der Waals surface area contributed by atoms with E-state index in [1.165, 1.54) is 4.57 Å². The number of nitrogens with one attached hydrogen (secondary N) is 2. The fraction of sp³-hybridized carbons (Fsp3) is 0.357. The molecule has 0 aromatic carbocycles. The van der Waals surface area contributed by atoms with Crippen LogP contribution in [0.5, 0.6) is 0 Å². The van der Waals surface area contributed by atoms with E-state index >= 15 is 0 Å². The first kappa shape index (κ1) is 14.0. The Balaban J connectivity index is 2.25. The highest BCUT2D eigenvalue weighted by atomic mass is 16.2. The van der Waals surface area contributed by atoms with E-state index in [-0.39, 0.29) is 5.56 Å². The third kappa shape index (κ3) is 3.14. The number of hydrogen-bond acceptors (Lipinski definition) is 4. The molecule has 20 heavy (non-hydrogen) atoms. The van der Waals surface area contributed by atoms with Gasteiger partial charge in [-0.2, -0.15) is 0 Å².